The molecule has 1 saturated carbocycles. The maximum Gasteiger partial charge on any atom is 0.224 e. The average molecular weight is 278 g/mol. The summed E-state index contributed by atoms with van der Waals surface area (Å²) in [6.07, 6.45) is 3.16. The summed E-state index contributed by atoms with van der Waals surface area (Å²) in [5, 5.41) is 3.06. The van der Waals surface area contributed by atoms with Gasteiger partial charge in [-0.25, -0.2) is 0 Å². The van der Waals surface area contributed by atoms with E-state index in [-0.39, 0.29) is 17.2 Å². The molecule has 2 nitrogen and oxygen atoms in total. The third-order valence-corrected chi connectivity index (χ3v) is 5.04. The standard InChI is InChI=1S/C16H20ClNO/c1-2-11(17)9-18-16(19)15-13-8-7-10-5-3-4-6-12(10)14(13)15/h3-6,11,13-15H,2,7-9H2,1H3,(H,18,19). The normalized spacial score (nSPS) is 29.1. The number of rotatable bonds is 4. The van der Waals surface area contributed by atoms with Crippen LogP contribution in [0.25, 0.3) is 0 Å². The van der Waals surface area contributed by atoms with Gasteiger partial charge in [-0.15, -0.1) is 11.6 Å². The minimum absolute atomic E-state index is 0.0528. The Labute approximate surface area is 119 Å². The Morgan fingerprint density at radius 2 is 2.26 bits per heavy atom. The van der Waals surface area contributed by atoms with E-state index in [1.165, 1.54) is 11.1 Å². The van der Waals surface area contributed by atoms with Crippen molar-refractivity contribution in [3.63, 3.8) is 0 Å². The highest BCUT2D eigenvalue weighted by atomic mass is 35.5. The van der Waals surface area contributed by atoms with Gasteiger partial charge in [0.15, 0.2) is 0 Å². The number of hydrogen-bond acceptors (Lipinski definition) is 1. The number of aryl methyl sites for hydroxylation is 1. The lowest BCUT2D eigenvalue weighted by Gasteiger charge is -2.13. The molecular weight excluding hydrogens is 258 g/mol. The molecule has 3 heteroatoms. The lowest BCUT2D eigenvalue weighted by atomic mass is 9.92. The summed E-state index contributed by atoms with van der Waals surface area (Å²) in [5.74, 6) is 1.40. The van der Waals surface area contributed by atoms with Crippen LogP contribution in [-0.4, -0.2) is 17.8 Å². The van der Waals surface area contributed by atoms with Crippen molar-refractivity contribution in [2.75, 3.05) is 6.54 Å². The van der Waals surface area contributed by atoms with Gasteiger partial charge < -0.3 is 5.32 Å². The first-order valence-electron chi connectivity index (χ1n) is 7.22. The molecule has 102 valence electrons. The van der Waals surface area contributed by atoms with Crippen molar-refractivity contribution in [3.05, 3.63) is 35.4 Å². The van der Waals surface area contributed by atoms with Crippen LogP contribution in [0.3, 0.4) is 0 Å². The Morgan fingerprint density at radius 1 is 1.47 bits per heavy atom. The highest BCUT2D eigenvalue weighted by Gasteiger charge is 2.56. The van der Waals surface area contributed by atoms with E-state index in [1.807, 2.05) is 6.92 Å². The first-order chi connectivity index (χ1) is 9.22. The molecule has 0 aromatic heterocycles. The van der Waals surface area contributed by atoms with Crippen LogP contribution >= 0.6 is 11.6 Å². The third kappa shape index (κ3) is 2.38. The van der Waals surface area contributed by atoms with E-state index in [2.05, 4.69) is 29.6 Å². The number of halogens is 1. The largest absolute Gasteiger partial charge is 0.354 e. The van der Waals surface area contributed by atoms with E-state index in [4.69, 9.17) is 11.6 Å². The Kier molecular flexibility index (Phi) is 3.53. The summed E-state index contributed by atoms with van der Waals surface area (Å²) < 4.78 is 0. The summed E-state index contributed by atoms with van der Waals surface area (Å²) in [5.41, 5.74) is 2.83. The third-order valence-electron chi connectivity index (χ3n) is 4.57. The van der Waals surface area contributed by atoms with Gasteiger partial charge in [-0.3, -0.25) is 4.79 Å². The topological polar surface area (TPSA) is 29.1 Å². The maximum absolute atomic E-state index is 12.2. The Bertz CT molecular complexity index is 487. The van der Waals surface area contributed by atoms with Crippen molar-refractivity contribution >= 4 is 17.5 Å². The van der Waals surface area contributed by atoms with E-state index in [0.29, 0.717) is 18.4 Å². The second-order valence-electron chi connectivity index (χ2n) is 5.70. The molecular formula is C16H20ClNO. The van der Waals surface area contributed by atoms with Crippen LogP contribution in [-0.2, 0) is 11.2 Å². The van der Waals surface area contributed by atoms with Crippen LogP contribution in [0.15, 0.2) is 24.3 Å². The molecule has 1 aromatic carbocycles. The molecule has 4 unspecified atom stereocenters. The molecule has 2 aliphatic rings. The number of carbonyl (C=O) groups is 1. The quantitative estimate of drug-likeness (QED) is 0.842. The molecule has 0 spiro atoms. The first-order valence-corrected chi connectivity index (χ1v) is 7.65. The lowest BCUT2D eigenvalue weighted by molar-refractivity contribution is -0.122. The Balaban J connectivity index is 1.65. The van der Waals surface area contributed by atoms with Crippen LogP contribution in [0.2, 0.25) is 0 Å². The smallest absolute Gasteiger partial charge is 0.224 e. The van der Waals surface area contributed by atoms with Gasteiger partial charge >= 0.3 is 0 Å². The Hall–Kier alpha value is -1.02. The molecule has 1 fully saturated rings. The van der Waals surface area contributed by atoms with Crippen molar-refractivity contribution in [1.29, 1.82) is 0 Å². The molecule has 0 heterocycles. The zero-order valence-electron chi connectivity index (χ0n) is 11.2. The molecule has 19 heavy (non-hydrogen) atoms. The number of hydrogen-bond donors (Lipinski definition) is 1. The molecule has 1 amide bonds. The van der Waals surface area contributed by atoms with E-state index in [0.717, 1.165) is 19.3 Å². The second kappa shape index (κ2) is 5.16. The van der Waals surface area contributed by atoms with Gasteiger partial charge in [0.2, 0.25) is 5.91 Å². The second-order valence-corrected chi connectivity index (χ2v) is 6.32. The highest BCUT2D eigenvalue weighted by Crippen LogP contribution is 2.59. The molecule has 0 bridgehead atoms. The van der Waals surface area contributed by atoms with Gasteiger partial charge in [0.05, 0.1) is 5.38 Å². The SMILES string of the molecule is CCC(Cl)CNC(=O)C1C2CCc3ccccc3C21. The number of benzene rings is 1. The maximum atomic E-state index is 12.2. The number of carbonyl (C=O) groups excluding carboxylic acids is 1. The molecule has 0 radical (unpaired) electrons. The van der Waals surface area contributed by atoms with Gasteiger partial charge in [-0.05, 0) is 42.2 Å². The summed E-state index contributed by atoms with van der Waals surface area (Å²) in [7, 11) is 0. The fourth-order valence-electron chi connectivity index (χ4n) is 3.40. The van der Waals surface area contributed by atoms with Gasteiger partial charge in [0.1, 0.15) is 0 Å². The average Bonchev–Trinajstić information content (AvgIpc) is 3.19. The van der Waals surface area contributed by atoms with Gasteiger partial charge in [-0.1, -0.05) is 31.2 Å². The molecule has 4 atom stereocenters. The summed E-state index contributed by atoms with van der Waals surface area (Å²) >= 11 is 6.05. The lowest BCUT2D eigenvalue weighted by Crippen LogP contribution is -2.31. The predicted molar refractivity (Wildman–Crippen MR) is 77.4 cm³/mol. The molecule has 1 N–H and O–H groups in total. The van der Waals surface area contributed by atoms with Gasteiger partial charge in [-0.2, -0.15) is 0 Å². The van der Waals surface area contributed by atoms with Crippen LogP contribution in [0, 0.1) is 11.8 Å². The first kappa shape index (κ1) is 13.0. The summed E-state index contributed by atoms with van der Waals surface area (Å²) in [6.45, 7) is 2.63. The summed E-state index contributed by atoms with van der Waals surface area (Å²) in [4.78, 5) is 12.2. The van der Waals surface area contributed by atoms with E-state index >= 15 is 0 Å². The van der Waals surface area contributed by atoms with Crippen LogP contribution in [0.4, 0.5) is 0 Å². The number of amides is 1. The zero-order chi connectivity index (χ0) is 13.4. The number of fused-ring (bicyclic) bond motifs is 3. The van der Waals surface area contributed by atoms with Crippen LogP contribution in [0.1, 0.15) is 36.8 Å². The highest BCUT2D eigenvalue weighted by molar-refractivity contribution is 6.20. The van der Waals surface area contributed by atoms with Crippen molar-refractivity contribution < 1.29 is 4.79 Å². The van der Waals surface area contributed by atoms with Gasteiger partial charge in [0, 0.05) is 12.5 Å². The molecule has 0 saturated heterocycles. The number of nitrogens with one attached hydrogen (secondary N) is 1. The van der Waals surface area contributed by atoms with Crippen molar-refractivity contribution in [3.8, 4) is 0 Å². The van der Waals surface area contributed by atoms with Crippen LogP contribution < -0.4 is 5.32 Å². The minimum Gasteiger partial charge on any atom is -0.354 e. The van der Waals surface area contributed by atoms with E-state index in [9.17, 15) is 4.79 Å². The van der Waals surface area contributed by atoms with Crippen molar-refractivity contribution in [2.45, 2.75) is 37.5 Å². The van der Waals surface area contributed by atoms with Crippen LogP contribution in [0.5, 0.6) is 0 Å². The summed E-state index contributed by atoms with van der Waals surface area (Å²) in [6, 6.07) is 8.57. The molecule has 1 aromatic rings. The molecule has 3 rings (SSSR count). The Morgan fingerprint density at radius 3 is 3.05 bits per heavy atom. The minimum atomic E-state index is 0.0528. The number of alkyl halides is 1. The molecule has 0 aliphatic heterocycles. The monoisotopic (exact) mass is 277 g/mol. The molecule has 2 aliphatic carbocycles. The van der Waals surface area contributed by atoms with E-state index < -0.39 is 0 Å². The fourth-order valence-corrected chi connectivity index (χ4v) is 3.47. The van der Waals surface area contributed by atoms with Gasteiger partial charge in [0.25, 0.3) is 0 Å². The van der Waals surface area contributed by atoms with Crippen molar-refractivity contribution in [1.82, 2.24) is 5.32 Å². The fraction of sp³-hybridized carbons (Fsp3) is 0.562. The van der Waals surface area contributed by atoms with Crippen molar-refractivity contribution in [2.24, 2.45) is 11.8 Å². The predicted octanol–water partition coefficient (Wildman–Crippen LogP) is 3.10. The van der Waals surface area contributed by atoms with E-state index in [1.54, 1.807) is 0 Å². The zero-order valence-corrected chi connectivity index (χ0v) is 12.0.